The minimum absolute atomic E-state index is 1.35. The van der Waals surface area contributed by atoms with Gasteiger partial charge in [-0.2, -0.15) is 0 Å². The Kier molecular flexibility index (Phi) is 12.1. The van der Waals surface area contributed by atoms with E-state index in [0.29, 0.717) is 0 Å². The van der Waals surface area contributed by atoms with Crippen LogP contribution in [0.3, 0.4) is 0 Å². The standard InChI is InChI=1S/C14H29.3C6H5.Sn/c1-3-5-7-9-11-13-14-12-10-8-6-4-2;3*1-2-4-6-5-3-1;/h1,3-14H2,2H3;3*1-5H;. The fourth-order valence-electron chi connectivity index (χ4n) is 5.33. The van der Waals surface area contributed by atoms with Gasteiger partial charge in [0.05, 0.1) is 0 Å². The number of unbranched alkanes of at least 4 members (excludes halogenated alkanes) is 11. The Bertz CT molecular complexity index is 760. The molecule has 0 atom stereocenters. The molecule has 0 saturated heterocycles. The molecule has 0 amide bonds. The average molecular weight is 547 g/mol. The van der Waals surface area contributed by atoms with E-state index in [4.69, 9.17) is 0 Å². The van der Waals surface area contributed by atoms with Crippen LogP contribution in [-0.4, -0.2) is 18.4 Å². The van der Waals surface area contributed by atoms with Gasteiger partial charge in [-0.25, -0.2) is 0 Å². The predicted molar refractivity (Wildman–Crippen MR) is 150 cm³/mol. The first kappa shape index (κ1) is 26.1. The molecular weight excluding hydrogens is 503 g/mol. The van der Waals surface area contributed by atoms with Crippen LogP contribution in [0.25, 0.3) is 0 Å². The molecule has 33 heavy (non-hydrogen) atoms. The number of hydrogen-bond acceptors (Lipinski definition) is 0. The van der Waals surface area contributed by atoms with Crippen molar-refractivity contribution in [3.8, 4) is 0 Å². The Morgan fingerprint density at radius 3 is 1.03 bits per heavy atom. The fourth-order valence-corrected chi connectivity index (χ4v) is 19.4. The summed E-state index contributed by atoms with van der Waals surface area (Å²) in [6.07, 6.45) is 17.0. The molecule has 0 radical (unpaired) electrons. The van der Waals surface area contributed by atoms with Crippen LogP contribution in [0, 0.1) is 0 Å². The van der Waals surface area contributed by atoms with Crippen molar-refractivity contribution in [3.63, 3.8) is 0 Å². The Hall–Kier alpha value is -1.54. The Morgan fingerprint density at radius 2 is 0.697 bits per heavy atom. The first-order valence-corrected chi connectivity index (χ1v) is 19.8. The minimum atomic E-state index is -3.01. The van der Waals surface area contributed by atoms with Gasteiger partial charge in [0, 0.05) is 0 Å². The Labute approximate surface area is 207 Å². The zero-order valence-electron chi connectivity index (χ0n) is 20.9. The van der Waals surface area contributed by atoms with Crippen LogP contribution < -0.4 is 10.7 Å². The molecule has 0 bridgehead atoms. The number of hydrogen-bond donors (Lipinski definition) is 0. The molecule has 3 rings (SSSR count). The summed E-state index contributed by atoms with van der Waals surface area (Å²) in [5, 5.41) is 0. The van der Waals surface area contributed by atoms with E-state index in [9.17, 15) is 0 Å². The van der Waals surface area contributed by atoms with Crippen molar-refractivity contribution in [2.24, 2.45) is 0 Å². The molecule has 0 aromatic heterocycles. The molecule has 0 unspecified atom stereocenters. The summed E-state index contributed by atoms with van der Waals surface area (Å²) in [6, 6.07) is 34.5. The summed E-state index contributed by atoms with van der Waals surface area (Å²) in [4.78, 5) is 0. The van der Waals surface area contributed by atoms with Gasteiger partial charge in [0.25, 0.3) is 0 Å². The summed E-state index contributed by atoms with van der Waals surface area (Å²) in [5.74, 6) is 0. The summed E-state index contributed by atoms with van der Waals surface area (Å²) in [6.45, 7) is 2.30. The third-order valence-corrected chi connectivity index (χ3v) is 21.6. The second kappa shape index (κ2) is 15.4. The quantitative estimate of drug-likeness (QED) is 0.127. The van der Waals surface area contributed by atoms with Crippen LogP contribution in [0.15, 0.2) is 91.0 Å². The van der Waals surface area contributed by atoms with Crippen molar-refractivity contribution < 1.29 is 0 Å². The Morgan fingerprint density at radius 1 is 0.394 bits per heavy atom. The van der Waals surface area contributed by atoms with Crippen LogP contribution in [0.4, 0.5) is 0 Å². The Balaban J connectivity index is 1.59. The maximum atomic E-state index is 2.41. The van der Waals surface area contributed by atoms with E-state index in [0.717, 1.165) is 0 Å². The molecule has 0 aliphatic heterocycles. The molecule has 176 valence electrons. The second-order valence-electron chi connectivity index (χ2n) is 9.64. The molecule has 0 spiro atoms. The second-order valence-corrected chi connectivity index (χ2v) is 21.2. The molecule has 0 aliphatic rings. The van der Waals surface area contributed by atoms with Gasteiger partial charge in [0.15, 0.2) is 0 Å². The number of rotatable bonds is 16. The molecule has 0 heterocycles. The molecule has 0 N–H and O–H groups in total. The van der Waals surface area contributed by atoms with Crippen molar-refractivity contribution in [2.75, 3.05) is 0 Å². The van der Waals surface area contributed by atoms with Crippen molar-refractivity contribution >= 4 is 29.1 Å². The van der Waals surface area contributed by atoms with Crippen LogP contribution >= 0.6 is 0 Å². The predicted octanol–water partition coefficient (Wildman–Crippen LogP) is 7.86. The molecule has 0 nitrogen and oxygen atoms in total. The van der Waals surface area contributed by atoms with Crippen molar-refractivity contribution in [3.05, 3.63) is 91.0 Å². The summed E-state index contributed by atoms with van der Waals surface area (Å²) in [5.41, 5.74) is 0. The van der Waals surface area contributed by atoms with E-state index in [1.54, 1.807) is 10.7 Å². The normalized spacial score (nSPS) is 11.5. The maximum absolute atomic E-state index is 3.01. The van der Waals surface area contributed by atoms with Crippen LogP contribution in [0.2, 0.25) is 4.44 Å². The summed E-state index contributed by atoms with van der Waals surface area (Å²) >= 11 is -3.01. The van der Waals surface area contributed by atoms with Gasteiger partial charge in [-0.05, 0) is 0 Å². The van der Waals surface area contributed by atoms with Crippen molar-refractivity contribution in [2.45, 2.75) is 88.4 Å². The van der Waals surface area contributed by atoms with E-state index >= 15 is 0 Å². The van der Waals surface area contributed by atoms with Crippen LogP contribution in [-0.2, 0) is 0 Å². The van der Waals surface area contributed by atoms with E-state index in [1.807, 2.05) is 0 Å². The van der Waals surface area contributed by atoms with Gasteiger partial charge >= 0.3 is 195 Å². The van der Waals surface area contributed by atoms with Crippen molar-refractivity contribution in [1.82, 2.24) is 0 Å². The molecular formula is C32H44Sn. The van der Waals surface area contributed by atoms with E-state index in [2.05, 4.69) is 97.9 Å². The average Bonchev–Trinajstić information content (AvgIpc) is 2.89. The van der Waals surface area contributed by atoms with Gasteiger partial charge in [-0.15, -0.1) is 0 Å². The molecule has 0 fully saturated rings. The first-order valence-electron chi connectivity index (χ1n) is 13.5. The molecule has 0 aliphatic carbocycles. The zero-order chi connectivity index (χ0) is 23.0. The van der Waals surface area contributed by atoms with Crippen LogP contribution in [0.1, 0.15) is 84.0 Å². The fraction of sp³-hybridized carbons (Fsp3) is 0.438. The van der Waals surface area contributed by atoms with Gasteiger partial charge in [-0.3, -0.25) is 0 Å². The first-order chi connectivity index (χ1) is 16.4. The number of benzene rings is 3. The third-order valence-electron chi connectivity index (χ3n) is 7.21. The van der Waals surface area contributed by atoms with Crippen molar-refractivity contribution in [1.29, 1.82) is 0 Å². The van der Waals surface area contributed by atoms with Gasteiger partial charge in [0.2, 0.25) is 0 Å². The zero-order valence-corrected chi connectivity index (χ0v) is 23.7. The summed E-state index contributed by atoms with van der Waals surface area (Å²) < 4.78 is 6.22. The molecule has 0 saturated carbocycles. The van der Waals surface area contributed by atoms with Gasteiger partial charge in [0.1, 0.15) is 0 Å². The van der Waals surface area contributed by atoms with E-state index in [1.165, 1.54) is 81.5 Å². The third kappa shape index (κ3) is 8.02. The molecule has 3 aromatic rings. The van der Waals surface area contributed by atoms with E-state index in [-0.39, 0.29) is 0 Å². The van der Waals surface area contributed by atoms with Gasteiger partial charge < -0.3 is 0 Å². The monoisotopic (exact) mass is 548 g/mol. The van der Waals surface area contributed by atoms with Gasteiger partial charge in [-0.1, -0.05) is 13.3 Å². The van der Waals surface area contributed by atoms with E-state index < -0.39 is 18.4 Å². The SMILES string of the molecule is CCCCCCCCCCCCC[CH2][Sn]([c]1ccccc1)([c]1ccccc1)[c]1ccccc1. The molecule has 1 heteroatoms. The van der Waals surface area contributed by atoms with Crippen LogP contribution in [0.5, 0.6) is 0 Å². The molecule has 3 aromatic carbocycles. The summed E-state index contributed by atoms with van der Waals surface area (Å²) in [7, 11) is 0. The topological polar surface area (TPSA) is 0 Å².